The highest BCUT2D eigenvalue weighted by Crippen LogP contribution is 2.44. The van der Waals surface area contributed by atoms with E-state index in [0.717, 1.165) is 6.42 Å². The van der Waals surface area contributed by atoms with Crippen LogP contribution < -0.4 is 5.32 Å². The maximum absolute atomic E-state index is 11.8. The van der Waals surface area contributed by atoms with Crippen LogP contribution in [-0.4, -0.2) is 48.1 Å². The van der Waals surface area contributed by atoms with Crippen LogP contribution in [-0.2, 0) is 9.59 Å². The van der Waals surface area contributed by atoms with Gasteiger partial charge in [-0.05, 0) is 31.1 Å². The molecular formula is C15H28N2O3. The summed E-state index contributed by atoms with van der Waals surface area (Å²) >= 11 is 0. The highest BCUT2D eigenvalue weighted by Gasteiger charge is 2.46. The molecule has 1 fully saturated rings. The van der Waals surface area contributed by atoms with Gasteiger partial charge in [0.05, 0.1) is 12.5 Å². The Bertz CT molecular complexity index is 368. The standard InChI is InChI=1S/C15H28N2O3/c1-6-17(5)13(18)9-16-12-8-7-11(14(19)20)15(3,4)10(12)2/h10-12,16H,6-9H2,1-5H3,(H,19,20). The number of carboxylic acid groups (broad SMARTS) is 1. The Morgan fingerprint density at radius 3 is 2.45 bits per heavy atom. The molecule has 0 bridgehead atoms. The summed E-state index contributed by atoms with van der Waals surface area (Å²) in [6.45, 7) is 9.09. The van der Waals surface area contributed by atoms with E-state index in [1.54, 1.807) is 11.9 Å². The van der Waals surface area contributed by atoms with Crippen molar-refractivity contribution >= 4 is 11.9 Å². The number of amides is 1. The molecule has 20 heavy (non-hydrogen) atoms. The van der Waals surface area contributed by atoms with Gasteiger partial charge in [0.1, 0.15) is 0 Å². The molecule has 0 aromatic carbocycles. The molecule has 116 valence electrons. The van der Waals surface area contributed by atoms with Crippen LogP contribution in [0.3, 0.4) is 0 Å². The van der Waals surface area contributed by atoms with Gasteiger partial charge in [0.15, 0.2) is 0 Å². The van der Waals surface area contributed by atoms with Crippen molar-refractivity contribution in [2.24, 2.45) is 17.3 Å². The van der Waals surface area contributed by atoms with Crippen LogP contribution in [0.1, 0.15) is 40.5 Å². The van der Waals surface area contributed by atoms with Crippen LogP contribution in [0.2, 0.25) is 0 Å². The second kappa shape index (κ2) is 6.57. The number of aliphatic carboxylic acids is 1. The van der Waals surface area contributed by atoms with Crippen LogP contribution in [0.4, 0.5) is 0 Å². The molecule has 5 heteroatoms. The number of carboxylic acids is 1. The molecular weight excluding hydrogens is 256 g/mol. The van der Waals surface area contributed by atoms with Gasteiger partial charge < -0.3 is 15.3 Å². The van der Waals surface area contributed by atoms with Crippen molar-refractivity contribution in [1.82, 2.24) is 10.2 Å². The summed E-state index contributed by atoms with van der Waals surface area (Å²) in [6.07, 6.45) is 1.48. The molecule has 3 atom stereocenters. The first-order valence-electron chi connectivity index (χ1n) is 7.41. The first-order valence-corrected chi connectivity index (χ1v) is 7.41. The van der Waals surface area contributed by atoms with Crippen LogP contribution >= 0.6 is 0 Å². The summed E-state index contributed by atoms with van der Waals surface area (Å²) in [6, 6.07) is 0.204. The van der Waals surface area contributed by atoms with Crippen molar-refractivity contribution in [1.29, 1.82) is 0 Å². The van der Waals surface area contributed by atoms with E-state index < -0.39 is 5.97 Å². The van der Waals surface area contributed by atoms with Gasteiger partial charge in [-0.25, -0.2) is 0 Å². The lowest BCUT2D eigenvalue weighted by molar-refractivity contribution is -0.150. The van der Waals surface area contributed by atoms with Crippen molar-refractivity contribution in [2.45, 2.75) is 46.6 Å². The molecule has 1 saturated carbocycles. The van der Waals surface area contributed by atoms with E-state index in [-0.39, 0.29) is 29.2 Å². The maximum Gasteiger partial charge on any atom is 0.307 e. The highest BCUT2D eigenvalue weighted by molar-refractivity contribution is 5.78. The fourth-order valence-corrected chi connectivity index (χ4v) is 3.05. The third-order valence-corrected chi connectivity index (χ3v) is 5.16. The van der Waals surface area contributed by atoms with Crippen molar-refractivity contribution in [3.8, 4) is 0 Å². The molecule has 0 radical (unpaired) electrons. The molecule has 1 amide bonds. The number of nitrogens with zero attached hydrogens (tertiary/aromatic N) is 1. The van der Waals surface area contributed by atoms with Gasteiger partial charge >= 0.3 is 5.97 Å². The van der Waals surface area contributed by atoms with Crippen molar-refractivity contribution < 1.29 is 14.7 Å². The predicted molar refractivity (Wildman–Crippen MR) is 78.4 cm³/mol. The van der Waals surface area contributed by atoms with Gasteiger partial charge in [-0.2, -0.15) is 0 Å². The van der Waals surface area contributed by atoms with E-state index in [1.807, 2.05) is 20.8 Å². The lowest BCUT2D eigenvalue weighted by Gasteiger charge is -2.46. The third kappa shape index (κ3) is 3.51. The first-order chi connectivity index (χ1) is 9.21. The Hall–Kier alpha value is -1.10. The highest BCUT2D eigenvalue weighted by atomic mass is 16.4. The largest absolute Gasteiger partial charge is 0.481 e. The Kier molecular flexibility index (Phi) is 5.57. The molecule has 5 nitrogen and oxygen atoms in total. The zero-order valence-electron chi connectivity index (χ0n) is 13.3. The Morgan fingerprint density at radius 1 is 1.35 bits per heavy atom. The van der Waals surface area contributed by atoms with E-state index in [0.29, 0.717) is 19.5 Å². The van der Waals surface area contributed by atoms with E-state index >= 15 is 0 Å². The van der Waals surface area contributed by atoms with Gasteiger partial charge in [0, 0.05) is 19.6 Å². The molecule has 0 aromatic heterocycles. The number of carbonyl (C=O) groups excluding carboxylic acids is 1. The van der Waals surface area contributed by atoms with Crippen LogP contribution in [0.15, 0.2) is 0 Å². The SMILES string of the molecule is CCN(C)C(=O)CNC1CCC(C(=O)O)C(C)(C)C1C. The number of hydrogen-bond acceptors (Lipinski definition) is 3. The third-order valence-electron chi connectivity index (χ3n) is 5.16. The number of hydrogen-bond donors (Lipinski definition) is 2. The molecule has 0 aromatic rings. The molecule has 1 aliphatic rings. The molecule has 0 aliphatic heterocycles. The molecule has 3 unspecified atom stereocenters. The lowest BCUT2D eigenvalue weighted by atomic mass is 9.61. The van der Waals surface area contributed by atoms with E-state index in [2.05, 4.69) is 12.2 Å². The summed E-state index contributed by atoms with van der Waals surface area (Å²) < 4.78 is 0. The zero-order valence-corrected chi connectivity index (χ0v) is 13.3. The molecule has 1 aliphatic carbocycles. The van der Waals surface area contributed by atoms with Gasteiger partial charge in [-0.15, -0.1) is 0 Å². The fraction of sp³-hybridized carbons (Fsp3) is 0.867. The van der Waals surface area contributed by atoms with E-state index in [4.69, 9.17) is 0 Å². The van der Waals surface area contributed by atoms with Crippen molar-refractivity contribution in [2.75, 3.05) is 20.1 Å². The molecule has 2 N–H and O–H groups in total. The number of likely N-dealkylation sites (N-methyl/N-ethyl adjacent to an activating group) is 1. The fourth-order valence-electron chi connectivity index (χ4n) is 3.05. The average Bonchev–Trinajstić information content (AvgIpc) is 2.38. The Morgan fingerprint density at radius 2 is 1.95 bits per heavy atom. The van der Waals surface area contributed by atoms with Crippen molar-refractivity contribution in [3.63, 3.8) is 0 Å². The maximum atomic E-state index is 11.8. The molecule has 1 rings (SSSR count). The normalized spacial score (nSPS) is 28.9. The quantitative estimate of drug-likeness (QED) is 0.804. The van der Waals surface area contributed by atoms with E-state index in [9.17, 15) is 14.7 Å². The Balaban J connectivity index is 2.62. The summed E-state index contributed by atoms with van der Waals surface area (Å²) in [5, 5.41) is 12.6. The lowest BCUT2D eigenvalue weighted by Crippen LogP contribution is -2.52. The second-order valence-electron chi connectivity index (χ2n) is 6.47. The molecule has 0 heterocycles. The Labute approximate surface area is 121 Å². The number of rotatable bonds is 5. The first kappa shape index (κ1) is 17.0. The van der Waals surface area contributed by atoms with Gasteiger partial charge in [-0.3, -0.25) is 9.59 Å². The van der Waals surface area contributed by atoms with Gasteiger partial charge in [0.2, 0.25) is 5.91 Å². The summed E-state index contributed by atoms with van der Waals surface area (Å²) in [7, 11) is 1.79. The van der Waals surface area contributed by atoms with Crippen LogP contribution in [0, 0.1) is 17.3 Å². The monoisotopic (exact) mass is 284 g/mol. The number of nitrogens with one attached hydrogen (secondary N) is 1. The number of carbonyl (C=O) groups is 2. The topological polar surface area (TPSA) is 69.6 Å². The minimum absolute atomic E-state index is 0.0814. The van der Waals surface area contributed by atoms with E-state index in [1.165, 1.54) is 0 Å². The molecule has 0 spiro atoms. The van der Waals surface area contributed by atoms with Crippen LogP contribution in [0.5, 0.6) is 0 Å². The minimum Gasteiger partial charge on any atom is -0.481 e. The van der Waals surface area contributed by atoms with Gasteiger partial charge in [0.25, 0.3) is 0 Å². The summed E-state index contributed by atoms with van der Waals surface area (Å²) in [5.41, 5.74) is -0.262. The minimum atomic E-state index is -0.706. The average molecular weight is 284 g/mol. The van der Waals surface area contributed by atoms with Gasteiger partial charge in [-0.1, -0.05) is 20.8 Å². The predicted octanol–water partition coefficient (Wildman–Crippen LogP) is 1.58. The summed E-state index contributed by atoms with van der Waals surface area (Å²) in [4.78, 5) is 24.8. The van der Waals surface area contributed by atoms with Crippen molar-refractivity contribution in [3.05, 3.63) is 0 Å². The molecule has 0 saturated heterocycles. The second-order valence-corrected chi connectivity index (χ2v) is 6.47. The smallest absolute Gasteiger partial charge is 0.307 e. The zero-order chi connectivity index (χ0) is 15.5. The van der Waals surface area contributed by atoms with Crippen LogP contribution in [0.25, 0.3) is 0 Å². The summed E-state index contributed by atoms with van der Waals surface area (Å²) in [5.74, 6) is -0.707.